The van der Waals surface area contributed by atoms with Crippen molar-refractivity contribution < 1.29 is 9.53 Å². The number of hydrogen-bond donors (Lipinski definition) is 1. The van der Waals surface area contributed by atoms with Crippen LogP contribution in [0.2, 0.25) is 0 Å². The van der Waals surface area contributed by atoms with Gasteiger partial charge in [0.15, 0.2) is 0 Å². The van der Waals surface area contributed by atoms with E-state index in [1.54, 1.807) is 6.92 Å². The van der Waals surface area contributed by atoms with Gasteiger partial charge >= 0.3 is 6.09 Å². The Morgan fingerprint density at radius 3 is 2.88 bits per heavy atom. The Bertz CT molecular complexity index is 285. The maximum Gasteiger partial charge on any atom is 0.427 e. The molecule has 92 valence electrons. The number of carbonyl (C=O) groups excluding carboxylic acids is 1. The molecule has 4 heteroatoms. The molecule has 0 bridgehead atoms. The molecule has 1 atom stereocenters. The van der Waals surface area contributed by atoms with Crippen molar-refractivity contribution in [3.8, 4) is 0 Å². The van der Waals surface area contributed by atoms with Crippen molar-refractivity contribution in [2.75, 3.05) is 6.61 Å². The Labute approximate surface area is 97.4 Å². The average Bonchev–Trinajstić information content (AvgIpc) is 2.12. The van der Waals surface area contributed by atoms with E-state index in [1.807, 2.05) is 0 Å². The summed E-state index contributed by atoms with van der Waals surface area (Å²) in [4.78, 5) is 11.1. The number of hydrazone groups is 1. The second-order valence-corrected chi connectivity index (χ2v) is 5.36. The molecule has 1 aliphatic rings. The minimum absolute atomic E-state index is 0.285. The number of nitrogens with one attached hydrogen (secondary N) is 1. The van der Waals surface area contributed by atoms with Crippen molar-refractivity contribution >= 4 is 11.8 Å². The van der Waals surface area contributed by atoms with Gasteiger partial charge in [-0.05, 0) is 37.5 Å². The summed E-state index contributed by atoms with van der Waals surface area (Å²) in [6.07, 6.45) is 2.66. The van der Waals surface area contributed by atoms with Gasteiger partial charge < -0.3 is 4.74 Å². The van der Waals surface area contributed by atoms with Crippen LogP contribution in [0.5, 0.6) is 0 Å². The Hall–Kier alpha value is -1.06. The summed E-state index contributed by atoms with van der Waals surface area (Å²) in [6, 6.07) is 0. The van der Waals surface area contributed by atoms with Gasteiger partial charge in [-0.15, -0.1) is 0 Å². The highest BCUT2D eigenvalue weighted by atomic mass is 16.5. The van der Waals surface area contributed by atoms with Gasteiger partial charge in [0.05, 0.1) is 6.61 Å². The monoisotopic (exact) mass is 226 g/mol. The molecule has 4 nitrogen and oxygen atoms in total. The molecule has 0 aromatic heterocycles. The van der Waals surface area contributed by atoms with Crippen LogP contribution >= 0.6 is 0 Å². The first kappa shape index (κ1) is 13.0. The number of carbonyl (C=O) groups is 1. The van der Waals surface area contributed by atoms with Crippen molar-refractivity contribution in [1.29, 1.82) is 0 Å². The van der Waals surface area contributed by atoms with Gasteiger partial charge in [-0.3, -0.25) is 0 Å². The topological polar surface area (TPSA) is 50.7 Å². The lowest BCUT2D eigenvalue weighted by atomic mass is 9.72. The highest BCUT2D eigenvalue weighted by Gasteiger charge is 2.29. The predicted octanol–water partition coefficient (Wildman–Crippen LogP) is 2.93. The summed E-state index contributed by atoms with van der Waals surface area (Å²) < 4.78 is 4.75. The summed E-state index contributed by atoms with van der Waals surface area (Å²) in [5.41, 5.74) is 3.79. The van der Waals surface area contributed by atoms with Gasteiger partial charge in [0.25, 0.3) is 0 Å². The summed E-state index contributed by atoms with van der Waals surface area (Å²) in [7, 11) is 0. The minimum atomic E-state index is -0.467. The van der Waals surface area contributed by atoms with E-state index >= 15 is 0 Å². The zero-order chi connectivity index (χ0) is 12.2. The van der Waals surface area contributed by atoms with Crippen LogP contribution in [0.25, 0.3) is 0 Å². The molecule has 0 spiro atoms. The van der Waals surface area contributed by atoms with Crippen molar-refractivity contribution in [2.45, 2.75) is 47.0 Å². The lowest BCUT2D eigenvalue weighted by molar-refractivity contribution is 0.152. The molecule has 1 amide bonds. The fraction of sp³-hybridized carbons (Fsp3) is 0.833. The van der Waals surface area contributed by atoms with E-state index in [2.05, 4.69) is 31.3 Å². The molecular formula is C12H22N2O2. The van der Waals surface area contributed by atoms with E-state index in [0.29, 0.717) is 12.5 Å². The van der Waals surface area contributed by atoms with Gasteiger partial charge in [-0.1, -0.05) is 20.8 Å². The molecule has 0 heterocycles. The van der Waals surface area contributed by atoms with E-state index < -0.39 is 6.09 Å². The summed E-state index contributed by atoms with van der Waals surface area (Å²) in [5, 5.41) is 4.14. The zero-order valence-electron chi connectivity index (χ0n) is 10.7. The van der Waals surface area contributed by atoms with Gasteiger partial charge in [0, 0.05) is 5.71 Å². The summed E-state index contributed by atoms with van der Waals surface area (Å²) in [6.45, 7) is 8.85. The van der Waals surface area contributed by atoms with Gasteiger partial charge in [-0.25, -0.2) is 10.2 Å². The van der Waals surface area contributed by atoms with Crippen LogP contribution in [-0.4, -0.2) is 18.4 Å². The lowest BCUT2D eigenvalue weighted by Gasteiger charge is -2.34. The lowest BCUT2D eigenvalue weighted by Crippen LogP contribution is -2.30. The third-order valence-corrected chi connectivity index (χ3v) is 2.75. The van der Waals surface area contributed by atoms with Crippen LogP contribution in [0.3, 0.4) is 0 Å². The second-order valence-electron chi connectivity index (χ2n) is 5.36. The Morgan fingerprint density at radius 1 is 1.62 bits per heavy atom. The fourth-order valence-electron chi connectivity index (χ4n) is 2.49. The molecule has 1 aliphatic carbocycles. The SMILES string of the molecule is CCOC(=O)N/N=C1/C[C@H](C)CC(C)(C)C1. The number of nitrogens with zero attached hydrogens (tertiary/aromatic N) is 1. The van der Waals surface area contributed by atoms with E-state index in [1.165, 1.54) is 6.42 Å². The zero-order valence-corrected chi connectivity index (χ0v) is 10.7. The average molecular weight is 226 g/mol. The number of amides is 1. The van der Waals surface area contributed by atoms with Crippen LogP contribution in [0.1, 0.15) is 47.0 Å². The molecule has 0 unspecified atom stereocenters. The van der Waals surface area contributed by atoms with E-state index in [-0.39, 0.29) is 5.41 Å². The minimum Gasteiger partial charge on any atom is -0.449 e. The van der Waals surface area contributed by atoms with Crippen molar-refractivity contribution in [3.05, 3.63) is 0 Å². The second kappa shape index (κ2) is 5.32. The molecular weight excluding hydrogens is 204 g/mol. The van der Waals surface area contributed by atoms with Crippen LogP contribution in [0.15, 0.2) is 5.10 Å². The quantitative estimate of drug-likeness (QED) is 0.736. The molecule has 1 fully saturated rings. The third-order valence-electron chi connectivity index (χ3n) is 2.75. The normalized spacial score (nSPS) is 26.5. The Morgan fingerprint density at radius 2 is 2.31 bits per heavy atom. The highest BCUT2D eigenvalue weighted by Crippen LogP contribution is 2.36. The Kier molecular flexibility index (Phi) is 4.33. The molecule has 0 aliphatic heterocycles. The summed E-state index contributed by atoms with van der Waals surface area (Å²) in [5.74, 6) is 0.631. The molecule has 1 N–H and O–H groups in total. The molecule has 1 saturated carbocycles. The van der Waals surface area contributed by atoms with Gasteiger partial charge in [0.2, 0.25) is 0 Å². The molecule has 1 rings (SSSR count). The van der Waals surface area contributed by atoms with E-state index in [9.17, 15) is 4.79 Å². The van der Waals surface area contributed by atoms with Crippen LogP contribution in [-0.2, 0) is 4.74 Å². The summed E-state index contributed by atoms with van der Waals surface area (Å²) >= 11 is 0. The first-order valence-corrected chi connectivity index (χ1v) is 5.91. The standard InChI is InChI=1S/C12H22N2O2/c1-5-16-11(15)14-13-10-6-9(2)7-12(3,4)8-10/h9H,5-8H2,1-4H3,(H,14,15)/b13-10-/t9-/m0/s1. The van der Waals surface area contributed by atoms with Crippen molar-refractivity contribution in [3.63, 3.8) is 0 Å². The van der Waals surface area contributed by atoms with Crippen molar-refractivity contribution in [1.82, 2.24) is 5.43 Å². The molecule has 0 radical (unpaired) electrons. The van der Waals surface area contributed by atoms with Crippen LogP contribution in [0, 0.1) is 11.3 Å². The van der Waals surface area contributed by atoms with Gasteiger partial charge in [0.1, 0.15) is 0 Å². The Balaban J connectivity index is 2.52. The first-order valence-electron chi connectivity index (χ1n) is 5.91. The number of ether oxygens (including phenoxy) is 1. The smallest absolute Gasteiger partial charge is 0.427 e. The van der Waals surface area contributed by atoms with Gasteiger partial charge in [-0.2, -0.15) is 5.10 Å². The third kappa shape index (κ3) is 4.21. The largest absolute Gasteiger partial charge is 0.449 e. The molecule has 0 aromatic carbocycles. The number of hydrogen-bond acceptors (Lipinski definition) is 3. The van der Waals surface area contributed by atoms with E-state index in [4.69, 9.17) is 4.74 Å². The number of rotatable bonds is 2. The highest BCUT2D eigenvalue weighted by molar-refractivity contribution is 5.86. The van der Waals surface area contributed by atoms with Crippen molar-refractivity contribution in [2.24, 2.45) is 16.4 Å². The molecule has 16 heavy (non-hydrogen) atoms. The first-order chi connectivity index (χ1) is 7.43. The predicted molar refractivity (Wildman–Crippen MR) is 64.4 cm³/mol. The van der Waals surface area contributed by atoms with Crippen LogP contribution < -0.4 is 5.43 Å². The van der Waals surface area contributed by atoms with Crippen LogP contribution in [0.4, 0.5) is 4.79 Å². The maximum absolute atomic E-state index is 11.1. The fourth-order valence-corrected chi connectivity index (χ4v) is 2.49. The molecule has 0 saturated heterocycles. The maximum atomic E-state index is 11.1. The molecule has 0 aromatic rings. The van der Waals surface area contributed by atoms with E-state index in [0.717, 1.165) is 18.6 Å².